The Kier molecular flexibility index (Phi) is 15.2. The Labute approximate surface area is 246 Å². The Hall–Kier alpha value is -1.88. The van der Waals surface area contributed by atoms with E-state index < -0.39 is 0 Å². The SMILES string of the molecule is CCCCCCOc1cc(C)c(SC(=[N+]=[N-])Sc2cc(C(C)C)c(OCCCCCC)cc2C)cc1C(C)C. The molecule has 0 heterocycles. The predicted molar refractivity (Wildman–Crippen MR) is 170 cm³/mol. The van der Waals surface area contributed by atoms with Crippen LogP contribution in [0.3, 0.4) is 0 Å². The monoisotopic (exact) mass is 570 g/mol. The Morgan fingerprint density at radius 3 is 1.44 bits per heavy atom. The lowest BCUT2D eigenvalue weighted by molar-refractivity contribution is 0.00550. The summed E-state index contributed by atoms with van der Waals surface area (Å²) in [5, 5.41) is 0. The van der Waals surface area contributed by atoms with E-state index in [1.165, 1.54) is 73.2 Å². The van der Waals surface area contributed by atoms with Crippen molar-refractivity contribution in [1.82, 2.24) is 0 Å². The normalized spacial score (nSPS) is 11.2. The van der Waals surface area contributed by atoms with E-state index in [2.05, 4.69) is 84.4 Å². The molecule has 0 aliphatic rings. The van der Waals surface area contributed by atoms with Gasteiger partial charge in [0, 0.05) is 33.3 Å². The molecular weight excluding hydrogens is 521 g/mol. The molecule has 2 rings (SSSR count). The van der Waals surface area contributed by atoms with Gasteiger partial charge in [-0.3, -0.25) is 0 Å². The minimum absolute atomic E-state index is 0.336. The minimum atomic E-state index is 0.336. The molecule has 0 aromatic heterocycles. The van der Waals surface area contributed by atoms with Crippen molar-refractivity contribution in [2.45, 2.75) is 128 Å². The Morgan fingerprint density at radius 2 is 1.10 bits per heavy atom. The first-order chi connectivity index (χ1) is 18.7. The van der Waals surface area contributed by atoms with E-state index >= 15 is 0 Å². The third kappa shape index (κ3) is 10.9. The molecule has 216 valence electrons. The second-order valence-electron chi connectivity index (χ2n) is 11.0. The minimum Gasteiger partial charge on any atom is -0.493 e. The van der Waals surface area contributed by atoms with Gasteiger partial charge in [0.25, 0.3) is 0 Å². The molecule has 0 bridgehead atoms. The number of hydrogen-bond acceptors (Lipinski definition) is 4. The zero-order valence-electron chi connectivity index (χ0n) is 25.6. The summed E-state index contributed by atoms with van der Waals surface area (Å²) in [5.41, 5.74) is 14.6. The van der Waals surface area contributed by atoms with E-state index in [1.807, 2.05) is 0 Å². The summed E-state index contributed by atoms with van der Waals surface area (Å²) in [4.78, 5) is 5.87. The van der Waals surface area contributed by atoms with Crippen LogP contribution in [0.15, 0.2) is 34.1 Å². The van der Waals surface area contributed by atoms with Crippen LogP contribution in [-0.4, -0.2) is 22.4 Å². The van der Waals surface area contributed by atoms with Gasteiger partial charge in [-0.15, -0.1) is 0 Å². The van der Waals surface area contributed by atoms with Crippen molar-refractivity contribution in [3.05, 3.63) is 52.1 Å². The molecule has 6 heteroatoms. The van der Waals surface area contributed by atoms with Crippen LogP contribution in [-0.2, 0) is 0 Å². The summed E-state index contributed by atoms with van der Waals surface area (Å²) in [6.45, 7) is 18.9. The third-order valence-corrected chi connectivity index (χ3v) is 9.18. The maximum atomic E-state index is 9.97. The van der Waals surface area contributed by atoms with E-state index in [4.69, 9.17) is 9.47 Å². The summed E-state index contributed by atoms with van der Waals surface area (Å²) in [7, 11) is 0. The van der Waals surface area contributed by atoms with Gasteiger partial charge in [0.1, 0.15) is 11.5 Å². The molecule has 0 unspecified atom stereocenters. The van der Waals surface area contributed by atoms with Gasteiger partial charge in [0.2, 0.25) is 0 Å². The Morgan fingerprint density at radius 1 is 0.692 bits per heavy atom. The fourth-order valence-corrected chi connectivity index (χ4v) is 6.37. The fourth-order valence-electron chi connectivity index (χ4n) is 4.40. The van der Waals surface area contributed by atoms with Crippen molar-refractivity contribution in [1.29, 1.82) is 0 Å². The lowest BCUT2D eigenvalue weighted by atomic mass is 10.0. The number of thioether (sulfide) groups is 2. The quantitative estimate of drug-likeness (QED) is 0.0503. The molecule has 0 spiro atoms. The van der Waals surface area contributed by atoms with E-state index in [1.54, 1.807) is 0 Å². The van der Waals surface area contributed by atoms with Crippen molar-refractivity contribution < 1.29 is 14.3 Å². The maximum Gasteiger partial charge on any atom is 0.393 e. The molecule has 2 aromatic carbocycles. The zero-order valence-corrected chi connectivity index (χ0v) is 27.2. The first kappa shape index (κ1) is 33.3. The second-order valence-corrected chi connectivity index (χ2v) is 13.3. The molecule has 0 atom stereocenters. The number of rotatable bonds is 16. The van der Waals surface area contributed by atoms with E-state index in [0.717, 1.165) is 58.5 Å². The van der Waals surface area contributed by atoms with Gasteiger partial charge in [-0.05, 0) is 85.0 Å². The van der Waals surface area contributed by atoms with Crippen molar-refractivity contribution in [3.8, 4) is 11.5 Å². The van der Waals surface area contributed by atoms with E-state index in [-0.39, 0.29) is 0 Å². The van der Waals surface area contributed by atoms with Crippen molar-refractivity contribution >= 4 is 27.9 Å². The molecule has 4 nitrogen and oxygen atoms in total. The van der Waals surface area contributed by atoms with Gasteiger partial charge in [0.05, 0.1) is 13.2 Å². The van der Waals surface area contributed by atoms with E-state index in [9.17, 15) is 5.53 Å². The first-order valence-corrected chi connectivity index (χ1v) is 16.5. The smallest absolute Gasteiger partial charge is 0.393 e. The molecule has 2 aromatic rings. The van der Waals surface area contributed by atoms with Crippen LogP contribution in [0.5, 0.6) is 11.5 Å². The molecule has 0 aliphatic carbocycles. The van der Waals surface area contributed by atoms with Gasteiger partial charge < -0.3 is 15.0 Å². The average molecular weight is 571 g/mol. The molecular formula is C33H50N2O2S2. The second kappa shape index (κ2) is 17.7. The standard InChI is InChI=1S/C33H50N2O2S2/c1-9-11-13-15-17-36-29-19-25(7)31(21-27(29)23(3)4)38-33(35-34)39-32-22-28(24(5)6)30(20-26(32)8)37-18-16-14-12-10-2/h19-24H,9-18H2,1-8H3. The van der Waals surface area contributed by atoms with Gasteiger partial charge in [-0.2, -0.15) is 4.79 Å². The molecule has 0 amide bonds. The number of ether oxygens (including phenoxy) is 2. The number of benzene rings is 2. The van der Waals surface area contributed by atoms with Gasteiger partial charge in [-0.1, -0.05) is 80.1 Å². The van der Waals surface area contributed by atoms with Crippen LogP contribution >= 0.6 is 23.5 Å². The third-order valence-electron chi connectivity index (χ3n) is 6.85. The molecule has 0 saturated heterocycles. The predicted octanol–water partition coefficient (Wildman–Crippen LogP) is 10.9. The summed E-state index contributed by atoms with van der Waals surface area (Å²) in [6, 6.07) is 8.71. The molecule has 0 saturated carbocycles. The van der Waals surface area contributed by atoms with Crippen LogP contribution in [0.2, 0.25) is 0 Å². The molecule has 0 radical (unpaired) electrons. The highest BCUT2D eigenvalue weighted by Crippen LogP contribution is 2.40. The lowest BCUT2D eigenvalue weighted by Crippen LogP contribution is -2.04. The average Bonchev–Trinajstić information content (AvgIpc) is 2.89. The Bertz CT molecular complexity index is 1010. The van der Waals surface area contributed by atoms with Gasteiger partial charge in [0.15, 0.2) is 0 Å². The molecule has 0 N–H and O–H groups in total. The topological polar surface area (TPSA) is 54.9 Å². The van der Waals surface area contributed by atoms with Gasteiger partial charge >= 0.3 is 4.38 Å². The van der Waals surface area contributed by atoms with Crippen molar-refractivity contribution in [2.24, 2.45) is 0 Å². The van der Waals surface area contributed by atoms with E-state index in [0.29, 0.717) is 16.2 Å². The van der Waals surface area contributed by atoms with Crippen molar-refractivity contribution in [3.63, 3.8) is 0 Å². The summed E-state index contributed by atoms with van der Waals surface area (Å²) < 4.78 is 13.0. The van der Waals surface area contributed by atoms with Gasteiger partial charge in [-0.25, -0.2) is 0 Å². The fraction of sp³-hybridized carbons (Fsp3) is 0.606. The number of aryl methyl sites for hydroxylation is 2. The van der Waals surface area contributed by atoms with Crippen molar-refractivity contribution in [2.75, 3.05) is 13.2 Å². The van der Waals surface area contributed by atoms with Crippen LogP contribution < -0.4 is 9.47 Å². The number of hydrogen-bond donors (Lipinski definition) is 0. The van der Waals surface area contributed by atoms with Crippen LogP contribution in [0.4, 0.5) is 0 Å². The molecule has 0 aliphatic heterocycles. The van der Waals surface area contributed by atoms with Crippen LogP contribution in [0, 0.1) is 13.8 Å². The zero-order chi connectivity index (χ0) is 28.8. The largest absolute Gasteiger partial charge is 0.493 e. The van der Waals surface area contributed by atoms with Crippen LogP contribution in [0.25, 0.3) is 5.53 Å². The number of nitrogens with zero attached hydrogens (tertiary/aromatic N) is 2. The molecule has 0 fully saturated rings. The summed E-state index contributed by atoms with van der Waals surface area (Å²) >= 11 is 3.02. The molecule has 39 heavy (non-hydrogen) atoms. The summed E-state index contributed by atoms with van der Waals surface area (Å²) in [6.07, 6.45) is 9.54. The maximum absolute atomic E-state index is 9.97. The highest BCUT2D eigenvalue weighted by atomic mass is 32.2. The lowest BCUT2D eigenvalue weighted by Gasteiger charge is -2.18. The van der Waals surface area contributed by atoms with Crippen LogP contribution in [0.1, 0.15) is 127 Å². The first-order valence-electron chi connectivity index (χ1n) is 14.8. The Balaban J connectivity index is 2.20. The summed E-state index contributed by atoms with van der Waals surface area (Å²) in [5.74, 6) is 2.62. The number of unbranched alkanes of at least 4 members (excludes halogenated alkanes) is 6. The highest BCUT2D eigenvalue weighted by molar-refractivity contribution is 8.38. The highest BCUT2D eigenvalue weighted by Gasteiger charge is 2.21.